The van der Waals surface area contributed by atoms with Gasteiger partial charge in [0.25, 0.3) is 0 Å². The average Bonchev–Trinajstić information content (AvgIpc) is 2.28. The van der Waals surface area contributed by atoms with E-state index in [9.17, 15) is 4.79 Å². The molecular weight excluding hydrogens is 214 g/mol. The third-order valence-electron chi connectivity index (χ3n) is 2.80. The maximum absolute atomic E-state index is 11.6. The van der Waals surface area contributed by atoms with Gasteiger partial charge in [-0.3, -0.25) is 9.69 Å². The monoisotopic (exact) mass is 235 g/mol. The van der Waals surface area contributed by atoms with Crippen LogP contribution >= 0.6 is 0 Å². The molecule has 1 atom stereocenters. The standard InChI is InChI=1S/C14H21NO2/c1-5-17-14(16)12(3)15(4)10-13-8-6-7-11(2)9-13/h6-9,12H,5,10H2,1-4H3. The van der Waals surface area contributed by atoms with Crippen molar-refractivity contribution in [2.45, 2.75) is 33.4 Å². The van der Waals surface area contributed by atoms with Gasteiger partial charge in [0.05, 0.1) is 6.61 Å². The van der Waals surface area contributed by atoms with Crippen molar-refractivity contribution < 1.29 is 9.53 Å². The molecule has 0 fully saturated rings. The van der Waals surface area contributed by atoms with Crippen LogP contribution in [0.3, 0.4) is 0 Å². The zero-order valence-electron chi connectivity index (χ0n) is 11.1. The number of hydrogen-bond donors (Lipinski definition) is 0. The molecule has 3 heteroatoms. The average molecular weight is 235 g/mol. The van der Waals surface area contributed by atoms with Crippen molar-refractivity contribution in [1.82, 2.24) is 4.90 Å². The number of esters is 1. The van der Waals surface area contributed by atoms with Crippen molar-refractivity contribution in [2.75, 3.05) is 13.7 Å². The van der Waals surface area contributed by atoms with Crippen molar-refractivity contribution in [3.05, 3.63) is 35.4 Å². The van der Waals surface area contributed by atoms with Gasteiger partial charge in [-0.25, -0.2) is 0 Å². The minimum atomic E-state index is -0.213. The summed E-state index contributed by atoms with van der Waals surface area (Å²) in [6, 6.07) is 8.09. The van der Waals surface area contributed by atoms with Crippen LogP contribution in [0.25, 0.3) is 0 Å². The number of hydrogen-bond acceptors (Lipinski definition) is 3. The number of carbonyl (C=O) groups is 1. The molecule has 94 valence electrons. The maximum atomic E-state index is 11.6. The highest BCUT2D eigenvalue weighted by atomic mass is 16.5. The Morgan fingerprint density at radius 1 is 1.47 bits per heavy atom. The van der Waals surface area contributed by atoms with E-state index >= 15 is 0 Å². The third kappa shape index (κ3) is 4.19. The fourth-order valence-corrected chi connectivity index (χ4v) is 1.68. The molecule has 0 bridgehead atoms. The van der Waals surface area contributed by atoms with Crippen molar-refractivity contribution >= 4 is 5.97 Å². The highest BCUT2D eigenvalue weighted by Gasteiger charge is 2.18. The van der Waals surface area contributed by atoms with E-state index in [2.05, 4.69) is 25.1 Å². The van der Waals surface area contributed by atoms with E-state index in [1.807, 2.05) is 31.9 Å². The molecule has 0 amide bonds. The fourth-order valence-electron chi connectivity index (χ4n) is 1.68. The van der Waals surface area contributed by atoms with Crippen molar-refractivity contribution in [3.63, 3.8) is 0 Å². The number of rotatable bonds is 5. The molecule has 0 saturated heterocycles. The Bertz CT molecular complexity index is 376. The molecule has 0 radical (unpaired) electrons. The lowest BCUT2D eigenvalue weighted by Crippen LogP contribution is -2.36. The van der Waals surface area contributed by atoms with E-state index in [-0.39, 0.29) is 12.0 Å². The number of likely N-dealkylation sites (N-methyl/N-ethyl adjacent to an activating group) is 1. The number of carbonyl (C=O) groups excluding carboxylic acids is 1. The van der Waals surface area contributed by atoms with E-state index < -0.39 is 0 Å². The lowest BCUT2D eigenvalue weighted by atomic mass is 10.1. The number of ether oxygens (including phenoxy) is 1. The van der Waals surface area contributed by atoms with E-state index in [1.165, 1.54) is 11.1 Å². The molecule has 0 aromatic heterocycles. The largest absolute Gasteiger partial charge is 0.465 e. The fraction of sp³-hybridized carbons (Fsp3) is 0.500. The van der Waals surface area contributed by atoms with Crippen LogP contribution in [-0.2, 0) is 16.1 Å². The first-order valence-corrected chi connectivity index (χ1v) is 5.97. The maximum Gasteiger partial charge on any atom is 0.323 e. The Kier molecular flexibility index (Phi) is 5.16. The van der Waals surface area contributed by atoms with Gasteiger partial charge < -0.3 is 4.74 Å². The Hall–Kier alpha value is -1.35. The first-order valence-electron chi connectivity index (χ1n) is 5.97. The molecule has 0 saturated carbocycles. The van der Waals surface area contributed by atoms with Gasteiger partial charge in [0, 0.05) is 6.54 Å². The van der Waals surface area contributed by atoms with Crippen LogP contribution in [0, 0.1) is 6.92 Å². The third-order valence-corrected chi connectivity index (χ3v) is 2.80. The summed E-state index contributed by atoms with van der Waals surface area (Å²) < 4.78 is 5.01. The molecule has 1 unspecified atom stereocenters. The molecule has 1 rings (SSSR count). The molecule has 0 N–H and O–H groups in total. The second-order valence-electron chi connectivity index (χ2n) is 4.33. The van der Waals surface area contributed by atoms with Gasteiger partial charge in [-0.1, -0.05) is 29.8 Å². The summed E-state index contributed by atoms with van der Waals surface area (Å²) in [6.07, 6.45) is 0. The van der Waals surface area contributed by atoms with E-state index in [0.717, 1.165) is 6.54 Å². The van der Waals surface area contributed by atoms with Crippen LogP contribution in [-0.4, -0.2) is 30.6 Å². The lowest BCUT2D eigenvalue weighted by molar-refractivity contribution is -0.148. The summed E-state index contributed by atoms with van der Waals surface area (Å²) in [5.74, 6) is -0.164. The van der Waals surface area contributed by atoms with E-state index in [0.29, 0.717) is 6.61 Å². The number of nitrogens with zero attached hydrogens (tertiary/aromatic N) is 1. The van der Waals surface area contributed by atoms with Crippen molar-refractivity contribution in [2.24, 2.45) is 0 Å². The predicted octanol–water partition coefficient (Wildman–Crippen LogP) is 2.38. The van der Waals surface area contributed by atoms with Gasteiger partial charge in [0.1, 0.15) is 6.04 Å². The van der Waals surface area contributed by atoms with Crippen LogP contribution in [0.2, 0.25) is 0 Å². The Morgan fingerprint density at radius 3 is 2.76 bits per heavy atom. The molecular formula is C14H21NO2. The topological polar surface area (TPSA) is 29.5 Å². The highest BCUT2D eigenvalue weighted by Crippen LogP contribution is 2.09. The van der Waals surface area contributed by atoms with Gasteiger partial charge in [-0.15, -0.1) is 0 Å². The van der Waals surface area contributed by atoms with Gasteiger partial charge in [-0.2, -0.15) is 0 Å². The molecule has 0 aliphatic heterocycles. The SMILES string of the molecule is CCOC(=O)C(C)N(C)Cc1cccc(C)c1. The van der Waals surface area contributed by atoms with Gasteiger partial charge >= 0.3 is 5.97 Å². The van der Waals surface area contributed by atoms with E-state index in [4.69, 9.17) is 4.74 Å². The zero-order valence-corrected chi connectivity index (χ0v) is 11.1. The molecule has 0 aliphatic carbocycles. The zero-order chi connectivity index (χ0) is 12.8. The van der Waals surface area contributed by atoms with Gasteiger partial charge in [0.2, 0.25) is 0 Å². The van der Waals surface area contributed by atoms with E-state index in [1.54, 1.807) is 0 Å². The first kappa shape index (κ1) is 13.7. The second-order valence-corrected chi connectivity index (χ2v) is 4.33. The Balaban J connectivity index is 2.59. The summed E-state index contributed by atoms with van der Waals surface area (Å²) >= 11 is 0. The van der Waals surface area contributed by atoms with Gasteiger partial charge in [-0.05, 0) is 33.4 Å². The quantitative estimate of drug-likeness (QED) is 0.734. The molecule has 0 spiro atoms. The predicted molar refractivity (Wildman–Crippen MR) is 68.7 cm³/mol. The first-order chi connectivity index (χ1) is 8.04. The smallest absolute Gasteiger partial charge is 0.323 e. The molecule has 3 nitrogen and oxygen atoms in total. The van der Waals surface area contributed by atoms with Crippen LogP contribution in [0.1, 0.15) is 25.0 Å². The Labute approximate surface area is 103 Å². The van der Waals surface area contributed by atoms with Crippen molar-refractivity contribution in [3.8, 4) is 0 Å². The minimum Gasteiger partial charge on any atom is -0.465 e. The summed E-state index contributed by atoms with van der Waals surface area (Å²) in [5, 5.41) is 0. The van der Waals surface area contributed by atoms with Crippen LogP contribution < -0.4 is 0 Å². The molecule has 17 heavy (non-hydrogen) atoms. The van der Waals surface area contributed by atoms with Crippen molar-refractivity contribution in [1.29, 1.82) is 0 Å². The summed E-state index contributed by atoms with van der Waals surface area (Å²) in [5.41, 5.74) is 2.45. The highest BCUT2D eigenvalue weighted by molar-refractivity contribution is 5.75. The number of aryl methyl sites for hydroxylation is 1. The second kappa shape index (κ2) is 6.40. The van der Waals surface area contributed by atoms with Crippen LogP contribution in [0.5, 0.6) is 0 Å². The lowest BCUT2D eigenvalue weighted by Gasteiger charge is -2.23. The molecule has 0 aliphatic rings. The summed E-state index contributed by atoms with van der Waals surface area (Å²) in [6.45, 7) is 6.94. The molecule has 1 aromatic carbocycles. The van der Waals surface area contributed by atoms with Crippen LogP contribution in [0.4, 0.5) is 0 Å². The number of benzene rings is 1. The summed E-state index contributed by atoms with van der Waals surface area (Å²) in [4.78, 5) is 13.6. The Morgan fingerprint density at radius 2 is 2.18 bits per heavy atom. The van der Waals surface area contributed by atoms with Gasteiger partial charge in [0.15, 0.2) is 0 Å². The molecule has 1 aromatic rings. The normalized spacial score (nSPS) is 12.5. The minimum absolute atomic E-state index is 0.164. The van der Waals surface area contributed by atoms with Crippen LogP contribution in [0.15, 0.2) is 24.3 Å². The molecule has 0 heterocycles. The summed E-state index contributed by atoms with van der Waals surface area (Å²) in [7, 11) is 1.93.